The maximum atomic E-state index is 13.8. The number of carbonyl (C=O) groups excluding carboxylic acids is 3. The molecular formula is C27H40N4O3. The van der Waals surface area contributed by atoms with Gasteiger partial charge in [-0.1, -0.05) is 45.6 Å². The van der Waals surface area contributed by atoms with E-state index >= 15 is 0 Å². The van der Waals surface area contributed by atoms with Crippen molar-refractivity contribution >= 4 is 17.8 Å². The Morgan fingerprint density at radius 3 is 2.53 bits per heavy atom. The fourth-order valence-corrected chi connectivity index (χ4v) is 6.02. The molecule has 2 aliphatic heterocycles. The van der Waals surface area contributed by atoms with Gasteiger partial charge in [-0.25, -0.2) is 4.79 Å². The number of nitrogens with zero attached hydrogens (tertiary/aromatic N) is 3. The lowest BCUT2D eigenvalue weighted by Gasteiger charge is -2.41. The lowest BCUT2D eigenvalue weighted by molar-refractivity contribution is -0.136. The van der Waals surface area contributed by atoms with Crippen LogP contribution in [0.1, 0.15) is 83.7 Å². The molecule has 0 spiro atoms. The molecule has 7 nitrogen and oxygen atoms in total. The van der Waals surface area contributed by atoms with Gasteiger partial charge in [-0.05, 0) is 62.0 Å². The third kappa shape index (κ3) is 5.44. The summed E-state index contributed by atoms with van der Waals surface area (Å²) in [6.45, 7) is 5.81. The van der Waals surface area contributed by atoms with Crippen molar-refractivity contribution < 1.29 is 14.4 Å². The zero-order valence-electron chi connectivity index (χ0n) is 20.8. The first-order valence-electron chi connectivity index (χ1n) is 13.2. The van der Waals surface area contributed by atoms with E-state index < -0.39 is 5.54 Å². The van der Waals surface area contributed by atoms with E-state index in [9.17, 15) is 14.4 Å². The number of amides is 4. The van der Waals surface area contributed by atoms with Gasteiger partial charge in [0.25, 0.3) is 5.91 Å². The Morgan fingerprint density at radius 1 is 1.15 bits per heavy atom. The summed E-state index contributed by atoms with van der Waals surface area (Å²) in [6.07, 6.45) is 11.5. The molecule has 1 N–H and O–H groups in total. The molecule has 3 aliphatic rings. The molecule has 0 radical (unpaired) electrons. The Balaban J connectivity index is 1.41. The topological polar surface area (TPSA) is 82.6 Å². The lowest BCUT2D eigenvalue weighted by Crippen LogP contribution is -2.56. The largest absolute Gasteiger partial charge is 0.343 e. The third-order valence-corrected chi connectivity index (χ3v) is 8.15. The number of rotatable bonds is 9. The molecule has 1 saturated carbocycles. The van der Waals surface area contributed by atoms with Gasteiger partial charge >= 0.3 is 6.03 Å². The second-order valence-corrected chi connectivity index (χ2v) is 10.9. The number of nitrogens with one attached hydrogen (secondary N) is 1. The predicted octanol–water partition coefficient (Wildman–Crippen LogP) is 4.52. The Bertz CT molecular complexity index is 860. The van der Waals surface area contributed by atoms with E-state index in [0.717, 1.165) is 31.6 Å². The van der Waals surface area contributed by atoms with Crippen molar-refractivity contribution in [3.05, 3.63) is 30.1 Å². The van der Waals surface area contributed by atoms with Crippen LogP contribution in [0.15, 0.2) is 24.4 Å². The SMILES string of the molecule is CC(C)CC[C@]1(C2CCN(C(=O)CCC3CCCC3)CC2)NC(=O)N(Cc2ccccn2)C1=O. The van der Waals surface area contributed by atoms with Gasteiger partial charge in [0.1, 0.15) is 5.54 Å². The molecule has 1 atom stereocenters. The van der Waals surface area contributed by atoms with Gasteiger partial charge in [-0.15, -0.1) is 0 Å². The van der Waals surface area contributed by atoms with Crippen LogP contribution in [0.5, 0.6) is 0 Å². The number of hydrogen-bond acceptors (Lipinski definition) is 4. The minimum atomic E-state index is -0.880. The minimum Gasteiger partial charge on any atom is -0.343 e. The van der Waals surface area contributed by atoms with Crippen LogP contribution in [0.25, 0.3) is 0 Å². The molecule has 0 bridgehead atoms. The van der Waals surface area contributed by atoms with Crippen LogP contribution in [0.3, 0.4) is 0 Å². The van der Waals surface area contributed by atoms with E-state index in [-0.39, 0.29) is 30.3 Å². The van der Waals surface area contributed by atoms with E-state index in [1.165, 1.54) is 30.6 Å². The summed E-state index contributed by atoms with van der Waals surface area (Å²) in [5, 5.41) is 3.13. The van der Waals surface area contributed by atoms with Crippen molar-refractivity contribution in [2.24, 2.45) is 17.8 Å². The van der Waals surface area contributed by atoms with E-state index in [4.69, 9.17) is 0 Å². The summed E-state index contributed by atoms with van der Waals surface area (Å²) < 4.78 is 0. The Hall–Kier alpha value is -2.44. The molecule has 0 unspecified atom stereocenters. The maximum Gasteiger partial charge on any atom is 0.325 e. The molecule has 3 heterocycles. The number of hydrogen-bond donors (Lipinski definition) is 1. The van der Waals surface area contributed by atoms with E-state index in [1.807, 2.05) is 23.1 Å². The average molecular weight is 469 g/mol. The molecule has 3 fully saturated rings. The van der Waals surface area contributed by atoms with Gasteiger partial charge in [0.15, 0.2) is 0 Å². The number of likely N-dealkylation sites (tertiary alicyclic amines) is 1. The van der Waals surface area contributed by atoms with Crippen LogP contribution in [0.2, 0.25) is 0 Å². The molecule has 4 rings (SSSR count). The van der Waals surface area contributed by atoms with Gasteiger partial charge in [-0.3, -0.25) is 19.5 Å². The van der Waals surface area contributed by atoms with Gasteiger partial charge in [0.2, 0.25) is 5.91 Å². The maximum absolute atomic E-state index is 13.8. The summed E-state index contributed by atoms with van der Waals surface area (Å²) in [5.41, 5.74) is -0.178. The minimum absolute atomic E-state index is 0.0373. The van der Waals surface area contributed by atoms with Crippen molar-refractivity contribution in [2.45, 2.75) is 90.1 Å². The Labute approximate surface area is 203 Å². The van der Waals surface area contributed by atoms with Crippen LogP contribution < -0.4 is 5.32 Å². The highest BCUT2D eigenvalue weighted by molar-refractivity contribution is 6.07. The monoisotopic (exact) mass is 468 g/mol. The smallest absolute Gasteiger partial charge is 0.325 e. The average Bonchev–Trinajstić information content (AvgIpc) is 3.45. The molecule has 1 aliphatic carbocycles. The number of aromatic nitrogens is 1. The molecule has 186 valence electrons. The zero-order chi connectivity index (χ0) is 24.1. The quantitative estimate of drug-likeness (QED) is 0.540. The number of urea groups is 1. The molecule has 4 amide bonds. The molecule has 34 heavy (non-hydrogen) atoms. The standard InChI is InChI=1S/C27H40N4O3/c1-20(2)12-15-27(25(33)31(26(34)29-27)19-23-9-5-6-16-28-23)22-13-17-30(18-14-22)24(32)11-10-21-7-3-4-8-21/h5-6,9,16,20-22H,3-4,7-8,10-15,17-19H2,1-2H3,(H,29,34)/t27-/m1/s1. The van der Waals surface area contributed by atoms with Gasteiger partial charge in [0.05, 0.1) is 12.2 Å². The van der Waals surface area contributed by atoms with Gasteiger partial charge < -0.3 is 10.2 Å². The van der Waals surface area contributed by atoms with Crippen molar-refractivity contribution in [1.29, 1.82) is 0 Å². The Kier molecular flexibility index (Phi) is 7.89. The molecule has 0 aromatic carbocycles. The highest BCUT2D eigenvalue weighted by Gasteiger charge is 2.55. The second-order valence-electron chi connectivity index (χ2n) is 10.9. The van der Waals surface area contributed by atoms with E-state index in [2.05, 4.69) is 24.1 Å². The van der Waals surface area contributed by atoms with Crippen molar-refractivity contribution in [1.82, 2.24) is 20.1 Å². The van der Waals surface area contributed by atoms with Crippen LogP contribution in [-0.2, 0) is 16.1 Å². The van der Waals surface area contributed by atoms with Crippen molar-refractivity contribution in [2.75, 3.05) is 13.1 Å². The number of piperidine rings is 1. The first kappa shape index (κ1) is 24.7. The second kappa shape index (κ2) is 10.9. The molecule has 1 aromatic rings. The van der Waals surface area contributed by atoms with Crippen LogP contribution in [0, 0.1) is 17.8 Å². The highest BCUT2D eigenvalue weighted by atomic mass is 16.2. The predicted molar refractivity (Wildman–Crippen MR) is 131 cm³/mol. The van der Waals surface area contributed by atoms with Crippen LogP contribution in [-0.4, -0.2) is 51.3 Å². The molecule has 1 aromatic heterocycles. The molecule has 7 heteroatoms. The molecule has 2 saturated heterocycles. The summed E-state index contributed by atoms with van der Waals surface area (Å²) in [4.78, 5) is 47.2. The molecular weight excluding hydrogens is 428 g/mol. The Morgan fingerprint density at radius 2 is 1.88 bits per heavy atom. The summed E-state index contributed by atoms with van der Waals surface area (Å²) >= 11 is 0. The van der Waals surface area contributed by atoms with Crippen molar-refractivity contribution in [3.63, 3.8) is 0 Å². The summed E-state index contributed by atoms with van der Waals surface area (Å²) in [5.74, 6) is 1.31. The summed E-state index contributed by atoms with van der Waals surface area (Å²) in [7, 11) is 0. The van der Waals surface area contributed by atoms with Crippen molar-refractivity contribution in [3.8, 4) is 0 Å². The van der Waals surface area contributed by atoms with E-state index in [0.29, 0.717) is 37.5 Å². The zero-order valence-corrected chi connectivity index (χ0v) is 20.8. The number of pyridine rings is 1. The van der Waals surface area contributed by atoms with E-state index in [1.54, 1.807) is 6.20 Å². The lowest BCUT2D eigenvalue weighted by atomic mass is 9.73. The number of carbonyl (C=O) groups is 3. The van der Waals surface area contributed by atoms with Crippen LogP contribution >= 0.6 is 0 Å². The third-order valence-electron chi connectivity index (χ3n) is 8.15. The van der Waals surface area contributed by atoms with Gasteiger partial charge in [0, 0.05) is 25.7 Å². The highest BCUT2D eigenvalue weighted by Crippen LogP contribution is 2.38. The number of imide groups is 1. The first-order chi connectivity index (χ1) is 16.4. The summed E-state index contributed by atoms with van der Waals surface area (Å²) in [6, 6.07) is 5.20. The van der Waals surface area contributed by atoms with Crippen LogP contribution in [0.4, 0.5) is 4.79 Å². The first-order valence-corrected chi connectivity index (χ1v) is 13.2. The fraction of sp³-hybridized carbons (Fsp3) is 0.704. The normalized spacial score (nSPS) is 24.3. The van der Waals surface area contributed by atoms with Gasteiger partial charge in [-0.2, -0.15) is 0 Å². The fourth-order valence-electron chi connectivity index (χ4n) is 6.02.